The highest BCUT2D eigenvalue weighted by Crippen LogP contribution is 2.33. The van der Waals surface area contributed by atoms with Crippen molar-refractivity contribution in [3.63, 3.8) is 0 Å². The molecule has 2 rings (SSSR count). The van der Waals surface area contributed by atoms with E-state index in [0.29, 0.717) is 35.5 Å². The monoisotopic (exact) mass is 344 g/mol. The quantitative estimate of drug-likeness (QED) is 0.563. The lowest BCUT2D eigenvalue weighted by molar-refractivity contribution is 0.0571. The number of carbonyl (C=O) groups is 1. The number of ketones is 1. The molecule has 24 heavy (non-hydrogen) atoms. The third-order valence-corrected chi connectivity index (χ3v) is 5.61. The first-order valence-electron chi connectivity index (χ1n) is 8.16. The van der Waals surface area contributed by atoms with Crippen LogP contribution in [0, 0.1) is 0 Å². The van der Waals surface area contributed by atoms with Crippen LogP contribution in [0.1, 0.15) is 42.6 Å². The lowest BCUT2D eigenvalue weighted by Crippen LogP contribution is -2.29. The predicted molar refractivity (Wildman–Crippen MR) is 99.1 cm³/mol. The average molecular weight is 344 g/mol. The molecule has 0 aliphatic rings. The minimum absolute atomic E-state index is 0.0164. The summed E-state index contributed by atoms with van der Waals surface area (Å²) in [7, 11) is 1.61. The molecule has 3 nitrogen and oxygen atoms in total. The Balaban J connectivity index is 2.33. The number of carbonyl (C=O) groups excluding carboxylic acids is 1. The van der Waals surface area contributed by atoms with Crippen molar-refractivity contribution in [1.82, 2.24) is 0 Å². The highest BCUT2D eigenvalue weighted by molar-refractivity contribution is 7.99. The number of hydrogen-bond acceptors (Lipinski definition) is 4. The van der Waals surface area contributed by atoms with Gasteiger partial charge in [-0.1, -0.05) is 44.2 Å². The lowest BCUT2D eigenvalue weighted by atomic mass is 10.0. The number of rotatable bonds is 8. The highest BCUT2D eigenvalue weighted by Gasteiger charge is 2.24. The van der Waals surface area contributed by atoms with E-state index in [1.165, 1.54) is 11.8 Å². The normalized spacial score (nSPS) is 11.3. The number of aliphatic hydroxyl groups is 1. The van der Waals surface area contributed by atoms with E-state index in [1.54, 1.807) is 19.2 Å². The zero-order valence-corrected chi connectivity index (χ0v) is 15.2. The summed E-state index contributed by atoms with van der Waals surface area (Å²) < 4.78 is 5.29. The molecule has 0 unspecified atom stereocenters. The topological polar surface area (TPSA) is 46.5 Å². The summed E-state index contributed by atoms with van der Waals surface area (Å²) >= 11 is 1.50. The van der Waals surface area contributed by atoms with Crippen molar-refractivity contribution in [3.05, 3.63) is 59.7 Å². The van der Waals surface area contributed by atoms with Crippen LogP contribution in [-0.4, -0.2) is 29.4 Å². The Morgan fingerprint density at radius 1 is 1.12 bits per heavy atom. The van der Waals surface area contributed by atoms with Crippen LogP contribution in [-0.2, 0) is 0 Å². The van der Waals surface area contributed by atoms with Crippen LogP contribution < -0.4 is 4.74 Å². The van der Waals surface area contributed by atoms with Crippen molar-refractivity contribution in [1.29, 1.82) is 0 Å². The maximum absolute atomic E-state index is 12.8. The van der Waals surface area contributed by atoms with E-state index < -0.39 is 5.60 Å². The zero-order chi connectivity index (χ0) is 17.6. The van der Waals surface area contributed by atoms with Gasteiger partial charge < -0.3 is 9.84 Å². The fourth-order valence-electron chi connectivity index (χ4n) is 2.35. The zero-order valence-electron chi connectivity index (χ0n) is 14.4. The number of benzene rings is 2. The van der Waals surface area contributed by atoms with Crippen LogP contribution in [0.3, 0.4) is 0 Å². The minimum atomic E-state index is -0.721. The molecule has 4 heteroatoms. The second-order valence-electron chi connectivity index (χ2n) is 5.78. The van der Waals surface area contributed by atoms with E-state index in [-0.39, 0.29) is 5.78 Å². The molecule has 0 saturated carbocycles. The molecule has 0 spiro atoms. The molecule has 0 aliphatic heterocycles. The van der Waals surface area contributed by atoms with Crippen molar-refractivity contribution < 1.29 is 14.6 Å². The smallest absolute Gasteiger partial charge is 0.194 e. The van der Waals surface area contributed by atoms with Gasteiger partial charge in [0.2, 0.25) is 0 Å². The van der Waals surface area contributed by atoms with Crippen molar-refractivity contribution in [3.8, 4) is 5.75 Å². The van der Waals surface area contributed by atoms with E-state index in [2.05, 4.69) is 0 Å². The molecule has 0 radical (unpaired) electrons. The van der Waals surface area contributed by atoms with Crippen molar-refractivity contribution >= 4 is 17.5 Å². The molecular formula is C20H24O3S. The van der Waals surface area contributed by atoms with Crippen LogP contribution in [0.2, 0.25) is 0 Å². The number of methoxy groups -OCH3 is 1. The van der Waals surface area contributed by atoms with E-state index in [4.69, 9.17) is 4.74 Å². The van der Waals surface area contributed by atoms with E-state index >= 15 is 0 Å². The minimum Gasteiger partial charge on any atom is -0.497 e. The van der Waals surface area contributed by atoms with E-state index in [1.807, 2.05) is 50.2 Å². The second kappa shape index (κ2) is 8.36. The Labute approximate surface area is 148 Å². The molecule has 0 saturated heterocycles. The molecule has 128 valence electrons. The first-order chi connectivity index (χ1) is 11.5. The van der Waals surface area contributed by atoms with Gasteiger partial charge in [-0.2, -0.15) is 0 Å². The fourth-order valence-corrected chi connectivity index (χ4v) is 3.70. The summed E-state index contributed by atoms with van der Waals surface area (Å²) in [6.07, 6.45) is 1.37. The fraction of sp³-hybridized carbons (Fsp3) is 0.350. The Morgan fingerprint density at radius 2 is 1.79 bits per heavy atom. The van der Waals surface area contributed by atoms with Crippen molar-refractivity contribution in [2.24, 2.45) is 0 Å². The molecule has 0 fully saturated rings. The van der Waals surface area contributed by atoms with Crippen LogP contribution in [0.15, 0.2) is 53.4 Å². The van der Waals surface area contributed by atoms with Gasteiger partial charge in [0.15, 0.2) is 5.78 Å². The summed E-state index contributed by atoms with van der Waals surface area (Å²) in [5.41, 5.74) is 0.577. The van der Waals surface area contributed by atoms with Crippen LogP contribution >= 0.6 is 11.8 Å². The number of hydrogen-bond donors (Lipinski definition) is 1. The van der Waals surface area contributed by atoms with Gasteiger partial charge >= 0.3 is 0 Å². The average Bonchev–Trinajstić information content (AvgIpc) is 2.66. The van der Waals surface area contributed by atoms with E-state index in [0.717, 1.165) is 4.90 Å². The van der Waals surface area contributed by atoms with Crippen molar-refractivity contribution in [2.75, 3.05) is 12.9 Å². The van der Waals surface area contributed by atoms with Gasteiger partial charge in [0.05, 0.1) is 12.7 Å². The van der Waals surface area contributed by atoms with Gasteiger partial charge in [-0.05, 0) is 31.0 Å². The van der Waals surface area contributed by atoms with Gasteiger partial charge in [0, 0.05) is 21.8 Å². The van der Waals surface area contributed by atoms with Crippen LogP contribution in [0.5, 0.6) is 5.75 Å². The maximum atomic E-state index is 12.8. The number of ether oxygens (including phenoxy) is 1. The highest BCUT2D eigenvalue weighted by atomic mass is 32.2. The first kappa shape index (κ1) is 18.6. The molecule has 2 aromatic rings. The van der Waals surface area contributed by atoms with Crippen LogP contribution in [0.25, 0.3) is 0 Å². The molecule has 2 aromatic carbocycles. The first-order valence-corrected chi connectivity index (χ1v) is 9.14. The van der Waals surface area contributed by atoms with Gasteiger partial charge in [-0.15, -0.1) is 11.8 Å². The molecule has 0 bridgehead atoms. The molecule has 0 atom stereocenters. The second-order valence-corrected chi connectivity index (χ2v) is 6.79. The molecular weight excluding hydrogens is 320 g/mol. The van der Waals surface area contributed by atoms with Gasteiger partial charge in [0.25, 0.3) is 0 Å². The van der Waals surface area contributed by atoms with Gasteiger partial charge in [-0.25, -0.2) is 0 Å². The van der Waals surface area contributed by atoms with E-state index in [9.17, 15) is 9.90 Å². The Kier molecular flexibility index (Phi) is 6.46. The summed E-state index contributed by atoms with van der Waals surface area (Å²) in [5.74, 6) is 1.23. The van der Waals surface area contributed by atoms with Gasteiger partial charge in [-0.3, -0.25) is 4.79 Å². The molecule has 0 aliphatic carbocycles. The molecule has 1 N–H and O–H groups in total. The third kappa shape index (κ3) is 4.40. The SMILES string of the molecule is CCC(O)(CC)CSc1cc(OC)ccc1C(=O)c1ccccc1. The summed E-state index contributed by atoms with van der Waals surface area (Å²) in [4.78, 5) is 13.7. The molecule has 0 amide bonds. The maximum Gasteiger partial charge on any atom is 0.194 e. The summed E-state index contributed by atoms with van der Waals surface area (Å²) in [6, 6.07) is 14.7. The standard InChI is InChI=1S/C20H24O3S/c1-4-20(22,5-2)14-24-18-13-16(23-3)11-12-17(18)19(21)15-9-7-6-8-10-15/h6-13,22H,4-5,14H2,1-3H3. The Hall–Kier alpha value is -1.78. The van der Waals surface area contributed by atoms with Crippen LogP contribution in [0.4, 0.5) is 0 Å². The lowest BCUT2D eigenvalue weighted by Gasteiger charge is -2.25. The Bertz CT molecular complexity index is 679. The molecule has 0 heterocycles. The predicted octanol–water partition coefficient (Wildman–Crippen LogP) is 4.57. The van der Waals surface area contributed by atoms with Crippen molar-refractivity contribution in [2.45, 2.75) is 37.2 Å². The Morgan fingerprint density at radius 3 is 2.38 bits per heavy atom. The largest absolute Gasteiger partial charge is 0.497 e. The summed E-state index contributed by atoms with van der Waals surface area (Å²) in [5, 5.41) is 10.5. The number of thioether (sulfide) groups is 1. The summed E-state index contributed by atoms with van der Waals surface area (Å²) in [6.45, 7) is 3.96. The molecule has 0 aromatic heterocycles. The van der Waals surface area contributed by atoms with Gasteiger partial charge in [0.1, 0.15) is 5.75 Å². The third-order valence-electron chi connectivity index (χ3n) is 4.28.